The number of anilines is 1. The first-order chi connectivity index (χ1) is 15.5. The van der Waals surface area contributed by atoms with E-state index in [2.05, 4.69) is 10.1 Å². The number of nitrogens with zero attached hydrogens (tertiary/aromatic N) is 1. The maximum Gasteiger partial charge on any atom is 0.573 e. The summed E-state index contributed by atoms with van der Waals surface area (Å²) >= 11 is 0. The molecule has 2 rings (SSSR count). The number of hydrogen-bond acceptors (Lipinski definition) is 6. The summed E-state index contributed by atoms with van der Waals surface area (Å²) in [5, 5.41) is 1.52. The van der Waals surface area contributed by atoms with Crippen LogP contribution in [0.5, 0.6) is 5.75 Å². The molecule has 0 unspecified atom stereocenters. The molecule has 1 aromatic carbocycles. The largest absolute Gasteiger partial charge is 0.573 e. The Kier molecular flexibility index (Phi) is 9.81. The summed E-state index contributed by atoms with van der Waals surface area (Å²) in [4.78, 5) is 25.1. The Balaban J connectivity index is 1.95. The van der Waals surface area contributed by atoms with Gasteiger partial charge in [0.25, 0.3) is 0 Å². The van der Waals surface area contributed by atoms with Crippen LogP contribution >= 0.6 is 0 Å². The number of carbonyl (C=O) groups is 2. The van der Waals surface area contributed by atoms with E-state index in [1.54, 1.807) is 6.42 Å². The van der Waals surface area contributed by atoms with Gasteiger partial charge in [-0.2, -0.15) is 0 Å². The molecule has 2 amide bonds. The minimum Gasteiger partial charge on any atom is -0.406 e. The minimum atomic E-state index is -4.79. The van der Waals surface area contributed by atoms with Crippen molar-refractivity contribution in [3.8, 4) is 5.75 Å². The van der Waals surface area contributed by atoms with Crippen molar-refractivity contribution in [1.82, 2.24) is 4.90 Å². The van der Waals surface area contributed by atoms with E-state index in [9.17, 15) is 31.2 Å². The fourth-order valence-electron chi connectivity index (χ4n) is 3.59. The van der Waals surface area contributed by atoms with Crippen LogP contribution in [-0.4, -0.2) is 49.8 Å². The van der Waals surface area contributed by atoms with Gasteiger partial charge in [-0.15, -0.1) is 13.2 Å². The highest BCUT2D eigenvalue weighted by Gasteiger charge is 2.31. The van der Waals surface area contributed by atoms with Gasteiger partial charge in [0.1, 0.15) is 5.75 Å². The second-order valence-electron chi connectivity index (χ2n) is 7.94. The van der Waals surface area contributed by atoms with Crippen LogP contribution in [0, 0.1) is 12.3 Å². The molecule has 33 heavy (non-hydrogen) atoms. The highest BCUT2D eigenvalue weighted by Crippen LogP contribution is 2.27. The quantitative estimate of drug-likeness (QED) is 0.453. The molecule has 3 N–H and O–H groups in total. The Hall–Kier alpha value is -2.50. The van der Waals surface area contributed by atoms with Crippen molar-refractivity contribution >= 4 is 26.7 Å². The number of hydrogen-bond donors (Lipinski definition) is 2. The van der Waals surface area contributed by atoms with E-state index in [-0.39, 0.29) is 31.3 Å². The zero-order chi connectivity index (χ0) is 24.5. The van der Waals surface area contributed by atoms with Gasteiger partial charge in [0.05, 0.1) is 18.8 Å². The first-order valence-corrected chi connectivity index (χ1v) is 12.4. The zero-order valence-corrected chi connectivity index (χ0v) is 19.0. The number of amides is 2. The lowest BCUT2D eigenvalue weighted by atomic mass is 9.86. The third-order valence-electron chi connectivity index (χ3n) is 5.37. The van der Waals surface area contributed by atoms with Crippen molar-refractivity contribution in [2.24, 2.45) is 11.7 Å². The molecule has 1 aliphatic carbocycles. The topological polar surface area (TPSA) is 119 Å². The average molecular weight is 493 g/mol. The predicted octanol–water partition coefficient (Wildman–Crippen LogP) is 3.84. The molecule has 0 bridgehead atoms. The molecule has 12 heteroatoms. The highest BCUT2D eigenvalue weighted by atomic mass is 32.2. The maximum absolute atomic E-state index is 12.8. The molecular weight excluding hydrogens is 463 g/mol. The molecule has 0 saturated heterocycles. The number of carbonyl (C=O) groups excluding carboxylic acids is 2. The maximum atomic E-state index is 12.8. The molecular formula is C21H29F3N3O5S. The number of alkyl halides is 3. The number of rotatable bonds is 11. The van der Waals surface area contributed by atoms with Gasteiger partial charge in [-0.25, -0.2) is 8.42 Å². The number of primary amides is 1. The summed E-state index contributed by atoms with van der Waals surface area (Å²) in [5.74, 6) is -0.716. The van der Waals surface area contributed by atoms with Crippen LogP contribution in [0.1, 0.15) is 44.9 Å². The summed E-state index contributed by atoms with van der Waals surface area (Å²) in [6, 6.07) is 5.01. The minimum absolute atomic E-state index is 0.00388. The molecule has 1 radical (unpaired) electrons. The summed E-state index contributed by atoms with van der Waals surface area (Å²) < 4.78 is 63.9. The van der Waals surface area contributed by atoms with Crippen LogP contribution in [0.25, 0.3) is 0 Å². The fourth-order valence-corrected chi connectivity index (χ4v) is 4.30. The average Bonchev–Trinajstić information content (AvgIpc) is 2.75. The first kappa shape index (κ1) is 26.7. The number of halogens is 3. The Morgan fingerprint density at radius 2 is 1.79 bits per heavy atom. The Labute approximate surface area is 191 Å². The van der Waals surface area contributed by atoms with Crippen LogP contribution in [0.2, 0.25) is 0 Å². The molecule has 0 aliphatic heterocycles. The van der Waals surface area contributed by atoms with Crippen LogP contribution < -0.4 is 15.8 Å². The number of ether oxygens (including phenoxy) is 1. The number of benzene rings is 1. The molecule has 1 aliphatic rings. The van der Waals surface area contributed by atoms with Gasteiger partial charge < -0.3 is 20.7 Å². The number of nitrogens with one attached hydrogen (secondary N) is 1. The smallest absolute Gasteiger partial charge is 0.406 e. The van der Waals surface area contributed by atoms with Gasteiger partial charge in [-0.3, -0.25) is 9.59 Å². The van der Waals surface area contributed by atoms with E-state index in [0.717, 1.165) is 37.8 Å². The molecule has 185 valence electrons. The second kappa shape index (κ2) is 12.1. The standard InChI is InChI=1S/C21H29F3N3O5S/c22-21(23,24)32-18-10-8-17(9-11-18)26-15-27(13-4-14-33(30,31)20(25)29)19(28)12-7-16-5-2-1-3-6-16/h8-12,16,26H,1-7,13-15H2,(H2,25,29). The molecule has 0 heterocycles. The lowest BCUT2D eigenvalue weighted by Gasteiger charge is -2.26. The molecule has 0 atom stereocenters. The molecule has 1 fully saturated rings. The van der Waals surface area contributed by atoms with E-state index in [1.165, 1.54) is 23.5 Å². The zero-order valence-electron chi connectivity index (χ0n) is 18.1. The predicted molar refractivity (Wildman–Crippen MR) is 117 cm³/mol. The molecule has 8 nitrogen and oxygen atoms in total. The van der Waals surface area contributed by atoms with Crippen LogP contribution in [0.15, 0.2) is 24.3 Å². The summed E-state index contributed by atoms with van der Waals surface area (Å²) in [7, 11) is -4.07. The lowest BCUT2D eigenvalue weighted by molar-refractivity contribution is -0.274. The van der Waals surface area contributed by atoms with Gasteiger partial charge in [0.15, 0.2) is 0 Å². The Bertz CT molecular complexity index is 885. The van der Waals surface area contributed by atoms with E-state index >= 15 is 0 Å². The van der Waals surface area contributed by atoms with Gasteiger partial charge >= 0.3 is 11.6 Å². The van der Waals surface area contributed by atoms with Gasteiger partial charge in [-0.1, -0.05) is 32.1 Å². The monoisotopic (exact) mass is 492 g/mol. The molecule has 0 spiro atoms. The molecule has 1 saturated carbocycles. The third-order valence-corrected chi connectivity index (χ3v) is 6.81. The van der Waals surface area contributed by atoms with E-state index in [4.69, 9.17) is 5.73 Å². The fraction of sp³-hybridized carbons (Fsp3) is 0.571. The molecule has 1 aromatic rings. The summed E-state index contributed by atoms with van der Waals surface area (Å²) in [5.41, 5.74) is 5.30. The first-order valence-electron chi connectivity index (χ1n) is 10.7. The SMILES string of the molecule is NC(=O)S(=O)(=O)CCCN(CNc1ccc(OC(F)(F)F)cc1)C(=O)[CH]CC1CCCCC1. The summed E-state index contributed by atoms with van der Waals surface area (Å²) in [6.45, 7) is 0.0465. The second-order valence-corrected chi connectivity index (χ2v) is 9.98. The van der Waals surface area contributed by atoms with Crippen LogP contribution in [0.3, 0.4) is 0 Å². The lowest BCUT2D eigenvalue weighted by Crippen LogP contribution is -2.38. The van der Waals surface area contributed by atoms with Gasteiger partial charge in [0.2, 0.25) is 15.7 Å². The van der Waals surface area contributed by atoms with Gasteiger partial charge in [-0.05, 0) is 43.0 Å². The molecule has 0 aromatic heterocycles. The van der Waals surface area contributed by atoms with E-state index < -0.39 is 27.2 Å². The van der Waals surface area contributed by atoms with Crippen molar-refractivity contribution in [1.29, 1.82) is 0 Å². The van der Waals surface area contributed by atoms with Crippen molar-refractivity contribution < 1.29 is 35.9 Å². The normalized spacial score (nSPS) is 15.1. The highest BCUT2D eigenvalue weighted by molar-refractivity contribution is 8.05. The Morgan fingerprint density at radius 3 is 2.36 bits per heavy atom. The van der Waals surface area contributed by atoms with Crippen LogP contribution in [-0.2, 0) is 14.6 Å². The van der Waals surface area contributed by atoms with Crippen molar-refractivity contribution in [2.45, 2.75) is 51.3 Å². The van der Waals surface area contributed by atoms with E-state index in [1.807, 2.05) is 0 Å². The van der Waals surface area contributed by atoms with Crippen molar-refractivity contribution in [3.63, 3.8) is 0 Å². The number of sulfone groups is 1. The summed E-state index contributed by atoms with van der Waals surface area (Å²) in [6.07, 6.45) is 3.01. The Morgan fingerprint density at radius 1 is 1.15 bits per heavy atom. The van der Waals surface area contributed by atoms with Crippen molar-refractivity contribution in [3.05, 3.63) is 30.7 Å². The van der Waals surface area contributed by atoms with E-state index in [0.29, 0.717) is 18.0 Å². The van der Waals surface area contributed by atoms with Crippen molar-refractivity contribution in [2.75, 3.05) is 24.3 Å². The van der Waals surface area contributed by atoms with Gasteiger partial charge in [0, 0.05) is 12.2 Å². The third kappa shape index (κ3) is 9.89. The number of nitrogens with two attached hydrogens (primary N) is 1. The van der Waals surface area contributed by atoms with Crippen LogP contribution in [0.4, 0.5) is 23.7 Å².